The van der Waals surface area contributed by atoms with Gasteiger partial charge in [-0.1, -0.05) is 19.9 Å². The molecular formula is C14H19BO2S. The third-order valence-corrected chi connectivity index (χ3v) is 6.21. The minimum atomic E-state index is -0.138. The zero-order valence-corrected chi connectivity index (χ0v) is 12.0. The van der Waals surface area contributed by atoms with Crippen LogP contribution in [0.5, 0.6) is 0 Å². The van der Waals surface area contributed by atoms with Gasteiger partial charge in [-0.2, -0.15) is 11.3 Å². The molecule has 0 unspecified atom stereocenters. The predicted molar refractivity (Wildman–Crippen MR) is 74.1 cm³/mol. The molecule has 0 N–H and O–H groups in total. The summed E-state index contributed by atoms with van der Waals surface area (Å²) in [6.07, 6.45) is 2.74. The second-order valence-corrected chi connectivity index (χ2v) is 7.58. The molecule has 1 saturated heterocycles. The van der Waals surface area contributed by atoms with Crippen LogP contribution >= 0.6 is 11.3 Å². The molecule has 1 aromatic heterocycles. The van der Waals surface area contributed by atoms with Crippen molar-refractivity contribution in [2.75, 3.05) is 0 Å². The van der Waals surface area contributed by atoms with Crippen LogP contribution in [-0.2, 0) is 9.31 Å². The molecule has 0 aromatic carbocycles. The van der Waals surface area contributed by atoms with Crippen LogP contribution in [0.15, 0.2) is 16.8 Å². The first kappa shape index (κ1) is 11.5. The van der Waals surface area contributed by atoms with Crippen molar-refractivity contribution in [1.82, 2.24) is 0 Å². The molecule has 2 nitrogen and oxygen atoms in total. The first-order valence-corrected chi connectivity index (χ1v) is 7.83. The average molecular weight is 262 g/mol. The zero-order chi connectivity index (χ0) is 12.5. The minimum absolute atomic E-state index is 0.0704. The standard InChI is InChI=1S/C14H19BO2S/c1-13(2)10-4-5-11-14(3,12(10)13)17-15(16-11)9-6-7-18-8-9/h6-8,10-12H,4-5H2,1-3H3/t10-,11-,12-,14-/m1/s1. The fourth-order valence-electron chi connectivity index (χ4n) is 4.55. The van der Waals surface area contributed by atoms with Crippen LogP contribution in [0, 0.1) is 17.3 Å². The smallest absolute Gasteiger partial charge is 0.401 e. The van der Waals surface area contributed by atoms with Crippen molar-refractivity contribution >= 4 is 23.9 Å². The molecule has 1 aliphatic heterocycles. The molecule has 3 fully saturated rings. The number of fused-ring (bicyclic) bond motifs is 3. The van der Waals surface area contributed by atoms with E-state index in [1.165, 1.54) is 11.9 Å². The van der Waals surface area contributed by atoms with Gasteiger partial charge in [-0.3, -0.25) is 0 Å². The van der Waals surface area contributed by atoms with Gasteiger partial charge in [0.15, 0.2) is 0 Å². The molecule has 0 amide bonds. The average Bonchev–Trinajstić information content (AvgIpc) is 2.77. The lowest BCUT2D eigenvalue weighted by Gasteiger charge is -2.34. The van der Waals surface area contributed by atoms with Crippen LogP contribution in [0.25, 0.3) is 0 Å². The van der Waals surface area contributed by atoms with Crippen molar-refractivity contribution in [2.45, 2.75) is 45.3 Å². The SMILES string of the molecule is CC1(C)[C@@H]2CC[C@H]3OB(c4ccsc4)O[C@@]3(C)[C@H]21. The summed E-state index contributed by atoms with van der Waals surface area (Å²) in [7, 11) is -0.138. The largest absolute Gasteiger partial charge is 0.495 e. The highest BCUT2D eigenvalue weighted by Crippen LogP contribution is 2.70. The quantitative estimate of drug-likeness (QED) is 0.724. The molecule has 0 bridgehead atoms. The Morgan fingerprint density at radius 3 is 2.89 bits per heavy atom. The summed E-state index contributed by atoms with van der Waals surface area (Å²) in [6.45, 7) is 7.05. The van der Waals surface area contributed by atoms with Gasteiger partial charge in [0.1, 0.15) is 0 Å². The Hall–Kier alpha value is -0.315. The first-order valence-electron chi connectivity index (χ1n) is 6.89. The van der Waals surface area contributed by atoms with E-state index in [4.69, 9.17) is 9.31 Å². The molecule has 0 spiro atoms. The zero-order valence-electron chi connectivity index (χ0n) is 11.2. The van der Waals surface area contributed by atoms with Gasteiger partial charge in [0.05, 0.1) is 11.7 Å². The summed E-state index contributed by atoms with van der Waals surface area (Å²) < 4.78 is 12.6. The summed E-state index contributed by atoms with van der Waals surface area (Å²) in [5.74, 6) is 1.51. The monoisotopic (exact) mass is 262 g/mol. The van der Waals surface area contributed by atoms with Crippen LogP contribution in [0.1, 0.15) is 33.6 Å². The lowest BCUT2D eigenvalue weighted by Crippen LogP contribution is -2.43. The fourth-order valence-corrected chi connectivity index (χ4v) is 5.22. The Balaban J connectivity index is 1.64. The topological polar surface area (TPSA) is 18.5 Å². The highest BCUT2D eigenvalue weighted by atomic mass is 32.1. The normalized spacial score (nSPS) is 44.6. The van der Waals surface area contributed by atoms with E-state index in [9.17, 15) is 0 Å². The van der Waals surface area contributed by atoms with E-state index in [1.54, 1.807) is 11.3 Å². The van der Waals surface area contributed by atoms with E-state index in [2.05, 4.69) is 37.6 Å². The predicted octanol–water partition coefficient (Wildman–Crippen LogP) is 2.68. The van der Waals surface area contributed by atoms with Crippen molar-refractivity contribution in [3.8, 4) is 0 Å². The molecule has 4 rings (SSSR count). The molecule has 2 heterocycles. The second kappa shape index (κ2) is 3.41. The van der Waals surface area contributed by atoms with Crippen LogP contribution in [-0.4, -0.2) is 18.8 Å². The summed E-state index contributed by atoms with van der Waals surface area (Å²) in [5, 5.41) is 4.23. The van der Waals surface area contributed by atoms with Crippen molar-refractivity contribution in [2.24, 2.45) is 17.3 Å². The van der Waals surface area contributed by atoms with Gasteiger partial charge in [-0.25, -0.2) is 0 Å². The molecule has 1 aromatic rings. The molecule has 0 radical (unpaired) electrons. The van der Waals surface area contributed by atoms with Crippen molar-refractivity contribution in [1.29, 1.82) is 0 Å². The van der Waals surface area contributed by atoms with Crippen LogP contribution in [0.3, 0.4) is 0 Å². The third kappa shape index (κ3) is 1.32. The molecule has 4 heteroatoms. The van der Waals surface area contributed by atoms with Gasteiger partial charge in [0.2, 0.25) is 0 Å². The maximum absolute atomic E-state index is 6.37. The lowest BCUT2D eigenvalue weighted by molar-refractivity contribution is 0.000212. The Morgan fingerprint density at radius 1 is 1.33 bits per heavy atom. The van der Waals surface area contributed by atoms with Gasteiger partial charge in [-0.05, 0) is 53.2 Å². The number of hydrogen-bond donors (Lipinski definition) is 0. The Morgan fingerprint density at radius 2 is 2.17 bits per heavy atom. The van der Waals surface area contributed by atoms with Gasteiger partial charge in [-0.15, -0.1) is 0 Å². The highest BCUT2D eigenvalue weighted by molar-refractivity contribution is 7.09. The first-order chi connectivity index (χ1) is 8.53. The van der Waals surface area contributed by atoms with Crippen LogP contribution < -0.4 is 5.46 Å². The number of rotatable bonds is 1. The van der Waals surface area contributed by atoms with Crippen LogP contribution in [0.2, 0.25) is 0 Å². The summed E-state index contributed by atoms with van der Waals surface area (Å²) in [6, 6.07) is 2.12. The fraction of sp³-hybridized carbons (Fsp3) is 0.714. The minimum Gasteiger partial charge on any atom is -0.401 e. The maximum atomic E-state index is 6.37. The lowest BCUT2D eigenvalue weighted by atomic mass is 9.81. The van der Waals surface area contributed by atoms with E-state index < -0.39 is 0 Å². The highest BCUT2D eigenvalue weighted by Gasteiger charge is 2.72. The van der Waals surface area contributed by atoms with E-state index in [-0.39, 0.29) is 18.8 Å². The van der Waals surface area contributed by atoms with Crippen LogP contribution in [0.4, 0.5) is 0 Å². The van der Waals surface area contributed by atoms with E-state index in [1.807, 2.05) is 0 Å². The summed E-state index contributed by atoms with van der Waals surface area (Å²) >= 11 is 1.71. The maximum Gasteiger partial charge on any atom is 0.495 e. The number of hydrogen-bond acceptors (Lipinski definition) is 3. The molecule has 3 aliphatic rings. The van der Waals surface area contributed by atoms with Gasteiger partial charge in [0.25, 0.3) is 0 Å². The number of thiophene rings is 1. The van der Waals surface area contributed by atoms with E-state index >= 15 is 0 Å². The molecule has 18 heavy (non-hydrogen) atoms. The van der Waals surface area contributed by atoms with Gasteiger partial charge in [0, 0.05) is 0 Å². The Kier molecular flexibility index (Phi) is 2.18. The third-order valence-electron chi connectivity index (χ3n) is 5.51. The summed E-state index contributed by atoms with van der Waals surface area (Å²) in [5.41, 5.74) is 1.56. The molecule has 96 valence electrons. The van der Waals surface area contributed by atoms with E-state index in [0.717, 1.165) is 12.3 Å². The summed E-state index contributed by atoms with van der Waals surface area (Å²) in [4.78, 5) is 0. The van der Waals surface area contributed by atoms with Crippen molar-refractivity contribution in [3.63, 3.8) is 0 Å². The molecule has 4 atom stereocenters. The molecular weight excluding hydrogens is 243 g/mol. The molecule has 2 aliphatic carbocycles. The Bertz CT molecular complexity index is 472. The van der Waals surface area contributed by atoms with E-state index in [0.29, 0.717) is 11.3 Å². The Labute approximate surface area is 113 Å². The van der Waals surface area contributed by atoms with Gasteiger partial charge < -0.3 is 9.31 Å². The van der Waals surface area contributed by atoms with Crippen molar-refractivity contribution in [3.05, 3.63) is 16.8 Å². The van der Waals surface area contributed by atoms with Gasteiger partial charge >= 0.3 is 7.12 Å². The molecule has 2 saturated carbocycles. The second-order valence-electron chi connectivity index (χ2n) is 6.80. The van der Waals surface area contributed by atoms with Crippen molar-refractivity contribution < 1.29 is 9.31 Å².